The molecule has 0 unspecified atom stereocenters. The fourth-order valence-electron chi connectivity index (χ4n) is 2.03. The van der Waals surface area contributed by atoms with Gasteiger partial charge < -0.3 is 10.4 Å². The Labute approximate surface area is 145 Å². The maximum absolute atomic E-state index is 11.4. The van der Waals surface area contributed by atoms with Crippen LogP contribution in [0.4, 0.5) is 22.7 Å². The molecule has 0 bridgehead atoms. The molecular formula is C13H10N4O8S. The number of nitrogens with one attached hydrogen (secondary N) is 1. The lowest BCUT2D eigenvalue weighted by molar-refractivity contribution is -0.393. The summed E-state index contributed by atoms with van der Waals surface area (Å²) >= 11 is 0. The molecule has 2 rings (SSSR count). The molecule has 0 aromatic heterocycles. The van der Waals surface area contributed by atoms with Gasteiger partial charge in [-0.25, -0.2) is 18.4 Å². The molecular weight excluding hydrogens is 372 g/mol. The maximum atomic E-state index is 11.4. The number of sulfonamides is 1. The van der Waals surface area contributed by atoms with Crippen molar-refractivity contribution in [3.8, 4) is 0 Å². The number of rotatable bonds is 6. The maximum Gasteiger partial charge on any atom is 0.338 e. The fourth-order valence-corrected chi connectivity index (χ4v) is 2.55. The van der Waals surface area contributed by atoms with Crippen LogP contribution in [-0.2, 0) is 10.0 Å². The molecule has 0 amide bonds. The summed E-state index contributed by atoms with van der Waals surface area (Å²) in [5, 5.41) is 38.7. The number of benzene rings is 2. The molecule has 0 atom stereocenters. The van der Waals surface area contributed by atoms with Gasteiger partial charge in [-0.15, -0.1) is 0 Å². The van der Waals surface area contributed by atoms with E-state index in [0.29, 0.717) is 12.1 Å². The lowest BCUT2D eigenvalue weighted by Crippen LogP contribution is -2.12. The summed E-state index contributed by atoms with van der Waals surface area (Å²) in [6, 6.07) is 5.92. The number of nitro groups is 2. The van der Waals surface area contributed by atoms with Gasteiger partial charge in [0, 0.05) is 11.8 Å². The zero-order valence-corrected chi connectivity index (χ0v) is 13.5. The van der Waals surface area contributed by atoms with E-state index in [1.54, 1.807) is 0 Å². The third kappa shape index (κ3) is 3.90. The number of anilines is 2. The van der Waals surface area contributed by atoms with Crippen LogP contribution in [0.1, 0.15) is 10.4 Å². The minimum atomic E-state index is -3.96. The topological polar surface area (TPSA) is 196 Å². The monoisotopic (exact) mass is 382 g/mol. The highest BCUT2D eigenvalue weighted by Crippen LogP contribution is 2.35. The molecule has 0 fully saturated rings. The Bertz CT molecular complexity index is 982. The van der Waals surface area contributed by atoms with Gasteiger partial charge in [0.15, 0.2) is 0 Å². The van der Waals surface area contributed by atoms with Crippen LogP contribution >= 0.6 is 0 Å². The molecule has 13 heteroatoms. The fraction of sp³-hybridized carbons (Fsp3) is 0. The largest absolute Gasteiger partial charge is 0.478 e. The molecule has 0 radical (unpaired) electrons. The first-order valence-corrected chi connectivity index (χ1v) is 8.15. The number of primary sulfonamides is 1. The van der Waals surface area contributed by atoms with E-state index >= 15 is 0 Å². The molecule has 2 aromatic rings. The number of nitro benzene ring substituents is 2. The molecule has 136 valence electrons. The molecule has 0 aliphatic carbocycles. The number of nitrogens with zero attached hydrogens (tertiary/aromatic N) is 2. The van der Waals surface area contributed by atoms with Gasteiger partial charge in [0.1, 0.15) is 5.69 Å². The van der Waals surface area contributed by atoms with Crippen LogP contribution in [0.3, 0.4) is 0 Å². The van der Waals surface area contributed by atoms with Crippen molar-refractivity contribution in [1.29, 1.82) is 0 Å². The van der Waals surface area contributed by atoms with Gasteiger partial charge in [0.2, 0.25) is 10.0 Å². The number of hydrogen-bond donors (Lipinski definition) is 3. The minimum absolute atomic E-state index is 0.108. The summed E-state index contributed by atoms with van der Waals surface area (Å²) in [6.45, 7) is 0. The van der Waals surface area contributed by atoms with Crippen molar-refractivity contribution in [3.05, 3.63) is 62.2 Å². The third-order valence-electron chi connectivity index (χ3n) is 3.19. The van der Waals surface area contributed by atoms with Gasteiger partial charge in [0.25, 0.3) is 11.4 Å². The Morgan fingerprint density at radius 1 is 1.08 bits per heavy atom. The van der Waals surface area contributed by atoms with E-state index in [1.807, 2.05) is 0 Å². The van der Waals surface area contributed by atoms with Crippen molar-refractivity contribution in [1.82, 2.24) is 0 Å². The summed E-state index contributed by atoms with van der Waals surface area (Å²) in [7, 11) is -3.96. The van der Waals surface area contributed by atoms with Gasteiger partial charge in [-0.05, 0) is 24.3 Å². The third-order valence-corrected chi connectivity index (χ3v) is 4.12. The Hall–Kier alpha value is -3.58. The lowest BCUT2D eigenvalue weighted by Gasteiger charge is -2.10. The Balaban J connectivity index is 2.59. The molecule has 0 saturated heterocycles. The van der Waals surface area contributed by atoms with Crippen molar-refractivity contribution < 1.29 is 28.2 Å². The Kier molecular flexibility index (Phi) is 4.86. The number of aromatic carboxylic acids is 1. The second kappa shape index (κ2) is 6.73. The Morgan fingerprint density at radius 2 is 1.65 bits per heavy atom. The van der Waals surface area contributed by atoms with Crippen molar-refractivity contribution in [2.45, 2.75) is 4.90 Å². The van der Waals surface area contributed by atoms with Crippen LogP contribution in [0.5, 0.6) is 0 Å². The van der Waals surface area contributed by atoms with Gasteiger partial charge in [-0.1, -0.05) is 0 Å². The number of hydrogen-bond acceptors (Lipinski definition) is 8. The summed E-state index contributed by atoms with van der Waals surface area (Å²) in [5.41, 5.74) is -2.66. The van der Waals surface area contributed by atoms with Crippen LogP contribution < -0.4 is 10.5 Å². The van der Waals surface area contributed by atoms with Gasteiger partial charge in [-0.2, -0.15) is 0 Å². The molecule has 12 nitrogen and oxygen atoms in total. The highest BCUT2D eigenvalue weighted by molar-refractivity contribution is 7.89. The van der Waals surface area contributed by atoms with Crippen LogP contribution in [0, 0.1) is 20.2 Å². The molecule has 0 aliphatic rings. The molecule has 0 saturated carbocycles. The van der Waals surface area contributed by atoms with Gasteiger partial charge >= 0.3 is 5.97 Å². The predicted octanol–water partition coefficient (Wildman–Crippen LogP) is 1.59. The number of non-ortho nitro benzene ring substituents is 1. The average Bonchev–Trinajstić information content (AvgIpc) is 2.53. The summed E-state index contributed by atoms with van der Waals surface area (Å²) in [5.74, 6) is -1.62. The molecule has 2 aromatic carbocycles. The van der Waals surface area contributed by atoms with Gasteiger partial charge in [-0.3, -0.25) is 20.2 Å². The van der Waals surface area contributed by atoms with E-state index in [1.165, 1.54) is 12.1 Å². The van der Waals surface area contributed by atoms with Crippen molar-refractivity contribution in [2.24, 2.45) is 5.14 Å². The first-order valence-electron chi connectivity index (χ1n) is 6.60. The normalized spacial score (nSPS) is 11.0. The lowest BCUT2D eigenvalue weighted by atomic mass is 10.1. The molecule has 4 N–H and O–H groups in total. The van der Waals surface area contributed by atoms with Crippen molar-refractivity contribution in [2.75, 3.05) is 5.32 Å². The number of carboxylic acid groups (broad SMARTS) is 1. The SMILES string of the molecule is NS(=O)(=O)c1ccc(Nc2c(C(=O)O)cc([N+](=O)[O-])cc2[N+](=O)[O-])cc1. The van der Waals surface area contributed by atoms with E-state index in [0.717, 1.165) is 12.1 Å². The standard InChI is InChI=1S/C13H10N4O8S/c14-26(24,25)9-3-1-7(2-4-9)15-12-10(13(18)19)5-8(16(20)21)6-11(12)17(22)23/h1-6,15H,(H,18,19)(H2,14,24,25). The van der Waals surface area contributed by atoms with Crippen LogP contribution in [0.15, 0.2) is 41.3 Å². The highest BCUT2D eigenvalue weighted by Gasteiger charge is 2.27. The summed E-state index contributed by atoms with van der Waals surface area (Å²) in [4.78, 5) is 31.3. The first kappa shape index (κ1) is 18.8. The molecule has 0 aliphatic heterocycles. The van der Waals surface area contributed by atoms with E-state index in [-0.39, 0.29) is 10.6 Å². The van der Waals surface area contributed by atoms with E-state index in [9.17, 15) is 38.5 Å². The first-order chi connectivity index (χ1) is 12.0. The van der Waals surface area contributed by atoms with E-state index in [2.05, 4.69) is 5.32 Å². The zero-order valence-electron chi connectivity index (χ0n) is 12.6. The van der Waals surface area contributed by atoms with Crippen LogP contribution in [0.2, 0.25) is 0 Å². The summed E-state index contributed by atoms with van der Waals surface area (Å²) < 4.78 is 22.4. The zero-order chi connectivity index (χ0) is 19.6. The number of carboxylic acids is 1. The highest BCUT2D eigenvalue weighted by atomic mass is 32.2. The molecule has 26 heavy (non-hydrogen) atoms. The van der Waals surface area contributed by atoms with Crippen molar-refractivity contribution in [3.63, 3.8) is 0 Å². The van der Waals surface area contributed by atoms with Crippen LogP contribution in [0.25, 0.3) is 0 Å². The average molecular weight is 382 g/mol. The quantitative estimate of drug-likeness (QED) is 0.490. The Morgan fingerprint density at radius 3 is 2.08 bits per heavy atom. The number of carbonyl (C=O) groups is 1. The van der Waals surface area contributed by atoms with E-state index in [4.69, 9.17) is 5.14 Å². The molecule has 0 heterocycles. The molecule has 0 spiro atoms. The van der Waals surface area contributed by atoms with E-state index < -0.39 is 48.5 Å². The van der Waals surface area contributed by atoms with Gasteiger partial charge in [0.05, 0.1) is 26.4 Å². The van der Waals surface area contributed by atoms with Crippen LogP contribution in [-0.4, -0.2) is 29.3 Å². The smallest absolute Gasteiger partial charge is 0.338 e. The second-order valence-corrected chi connectivity index (χ2v) is 6.46. The number of nitrogens with two attached hydrogens (primary N) is 1. The predicted molar refractivity (Wildman–Crippen MR) is 87.8 cm³/mol. The minimum Gasteiger partial charge on any atom is -0.478 e. The van der Waals surface area contributed by atoms with Crippen molar-refractivity contribution >= 4 is 38.7 Å². The second-order valence-electron chi connectivity index (χ2n) is 4.90. The summed E-state index contributed by atoms with van der Waals surface area (Å²) in [6.07, 6.45) is 0.